The van der Waals surface area contributed by atoms with Crippen LogP contribution in [0.15, 0.2) is 12.1 Å². The summed E-state index contributed by atoms with van der Waals surface area (Å²) < 4.78 is 5.48. The highest BCUT2D eigenvalue weighted by atomic mass is 35.5. The third-order valence-corrected chi connectivity index (χ3v) is 3.14. The maximum Gasteiger partial charge on any atom is 0.141 e. The summed E-state index contributed by atoms with van der Waals surface area (Å²) in [6.45, 7) is 3.94. The Morgan fingerprint density at radius 3 is 2.50 bits per heavy atom. The summed E-state index contributed by atoms with van der Waals surface area (Å²) in [6, 6.07) is 3.40. The van der Waals surface area contributed by atoms with Crippen LogP contribution in [0.5, 0.6) is 5.75 Å². The van der Waals surface area contributed by atoms with Crippen LogP contribution in [-0.2, 0) is 6.42 Å². The van der Waals surface area contributed by atoms with Crippen LogP contribution < -0.4 is 4.74 Å². The second kappa shape index (κ2) is 7.19. The van der Waals surface area contributed by atoms with Gasteiger partial charge in [0.1, 0.15) is 5.75 Å². The Bertz CT molecular complexity index is 394. The van der Waals surface area contributed by atoms with Gasteiger partial charge in [0, 0.05) is 5.02 Å². The van der Waals surface area contributed by atoms with Crippen molar-refractivity contribution in [3.8, 4) is 5.75 Å². The van der Waals surface area contributed by atoms with Gasteiger partial charge >= 0.3 is 0 Å². The molecule has 2 N–H and O–H groups in total. The fraction of sp³-hybridized carbons (Fsp3) is 0.538. The SMILES string of the molecule is CCOc1c(Cl)cc(Cl)cc1CCC(O)C(C)O. The van der Waals surface area contributed by atoms with Crippen molar-refractivity contribution in [2.45, 2.75) is 38.9 Å². The van der Waals surface area contributed by atoms with E-state index in [1.165, 1.54) is 0 Å². The molecular weight excluding hydrogens is 275 g/mol. The number of ether oxygens (including phenoxy) is 1. The average Bonchev–Trinajstić information content (AvgIpc) is 2.29. The van der Waals surface area contributed by atoms with Crippen molar-refractivity contribution in [2.24, 2.45) is 0 Å². The van der Waals surface area contributed by atoms with E-state index in [1.807, 2.05) is 6.92 Å². The van der Waals surface area contributed by atoms with Crippen LogP contribution in [0.25, 0.3) is 0 Å². The Morgan fingerprint density at radius 1 is 1.28 bits per heavy atom. The Labute approximate surface area is 117 Å². The van der Waals surface area contributed by atoms with Gasteiger partial charge in [0.25, 0.3) is 0 Å². The third-order valence-electron chi connectivity index (χ3n) is 2.64. The van der Waals surface area contributed by atoms with Gasteiger partial charge in [0.2, 0.25) is 0 Å². The quantitative estimate of drug-likeness (QED) is 0.847. The smallest absolute Gasteiger partial charge is 0.141 e. The summed E-state index contributed by atoms with van der Waals surface area (Å²) in [5.41, 5.74) is 0.842. The molecule has 5 heteroatoms. The van der Waals surface area contributed by atoms with E-state index in [9.17, 15) is 10.2 Å². The first-order valence-electron chi connectivity index (χ1n) is 5.92. The summed E-state index contributed by atoms with van der Waals surface area (Å²) in [7, 11) is 0. The van der Waals surface area contributed by atoms with Crippen molar-refractivity contribution >= 4 is 23.2 Å². The summed E-state index contributed by atoms with van der Waals surface area (Å²) in [6.07, 6.45) is -0.553. The third kappa shape index (κ3) is 4.32. The van der Waals surface area contributed by atoms with Crippen LogP contribution in [0.4, 0.5) is 0 Å². The monoisotopic (exact) mass is 292 g/mol. The highest BCUT2D eigenvalue weighted by Gasteiger charge is 2.15. The topological polar surface area (TPSA) is 49.7 Å². The minimum absolute atomic E-state index is 0.425. The first-order chi connectivity index (χ1) is 8.45. The van der Waals surface area contributed by atoms with Gasteiger partial charge in [0.05, 0.1) is 23.8 Å². The molecule has 0 spiro atoms. The average molecular weight is 293 g/mol. The molecule has 0 bridgehead atoms. The molecule has 3 nitrogen and oxygen atoms in total. The molecule has 0 aliphatic heterocycles. The fourth-order valence-electron chi connectivity index (χ4n) is 1.65. The largest absolute Gasteiger partial charge is 0.492 e. The second-order valence-corrected chi connectivity index (χ2v) is 5.00. The lowest BCUT2D eigenvalue weighted by molar-refractivity contribution is 0.0264. The molecular formula is C13H18Cl2O3. The molecule has 0 amide bonds. The van der Waals surface area contributed by atoms with E-state index in [2.05, 4.69) is 0 Å². The van der Waals surface area contributed by atoms with Crippen LogP contribution in [0.1, 0.15) is 25.8 Å². The predicted octanol–water partition coefficient (Wildman–Crippen LogP) is 3.07. The van der Waals surface area contributed by atoms with Crippen LogP contribution >= 0.6 is 23.2 Å². The molecule has 18 heavy (non-hydrogen) atoms. The van der Waals surface area contributed by atoms with Crippen LogP contribution in [0, 0.1) is 0 Å². The molecule has 2 atom stereocenters. The van der Waals surface area contributed by atoms with Crippen molar-refractivity contribution in [3.05, 3.63) is 27.7 Å². The molecule has 0 saturated carbocycles. The van der Waals surface area contributed by atoms with Gasteiger partial charge in [-0.3, -0.25) is 0 Å². The molecule has 0 aliphatic carbocycles. The molecule has 0 fully saturated rings. The Balaban J connectivity index is 2.85. The normalized spacial score (nSPS) is 14.3. The minimum Gasteiger partial charge on any atom is -0.492 e. The van der Waals surface area contributed by atoms with Gasteiger partial charge in [-0.1, -0.05) is 23.2 Å². The molecule has 0 aromatic heterocycles. The lowest BCUT2D eigenvalue weighted by Crippen LogP contribution is -2.22. The first kappa shape index (κ1) is 15.6. The number of aryl methyl sites for hydroxylation is 1. The van der Waals surface area contributed by atoms with E-state index in [0.717, 1.165) is 5.56 Å². The van der Waals surface area contributed by atoms with Crippen molar-refractivity contribution in [3.63, 3.8) is 0 Å². The molecule has 0 saturated heterocycles. The fourth-order valence-corrected chi connectivity index (χ4v) is 2.24. The van der Waals surface area contributed by atoms with E-state index in [1.54, 1.807) is 19.1 Å². The summed E-state index contributed by atoms with van der Waals surface area (Å²) in [5.74, 6) is 0.598. The molecule has 1 rings (SSSR count). The number of hydrogen-bond donors (Lipinski definition) is 2. The van der Waals surface area contributed by atoms with E-state index < -0.39 is 12.2 Å². The number of aliphatic hydroxyl groups excluding tert-OH is 2. The number of halogens is 2. The maximum absolute atomic E-state index is 9.59. The molecule has 0 radical (unpaired) electrons. The standard InChI is InChI=1S/C13H18Cl2O3/c1-3-18-13-9(4-5-12(17)8(2)16)6-10(14)7-11(13)15/h6-8,12,16-17H,3-5H2,1-2H3. The summed E-state index contributed by atoms with van der Waals surface area (Å²) in [4.78, 5) is 0. The highest BCUT2D eigenvalue weighted by molar-refractivity contribution is 6.35. The molecule has 2 unspecified atom stereocenters. The van der Waals surface area contributed by atoms with E-state index in [0.29, 0.717) is 35.2 Å². The van der Waals surface area contributed by atoms with Gasteiger partial charge in [-0.15, -0.1) is 0 Å². The zero-order valence-corrected chi connectivity index (χ0v) is 12.0. The summed E-state index contributed by atoms with van der Waals surface area (Å²) >= 11 is 12.0. The van der Waals surface area contributed by atoms with E-state index in [4.69, 9.17) is 27.9 Å². The first-order valence-corrected chi connectivity index (χ1v) is 6.68. The second-order valence-electron chi connectivity index (χ2n) is 4.16. The molecule has 1 aromatic rings. The molecule has 0 heterocycles. The predicted molar refractivity (Wildman–Crippen MR) is 73.6 cm³/mol. The molecule has 0 aliphatic rings. The lowest BCUT2D eigenvalue weighted by atomic mass is 10.0. The summed E-state index contributed by atoms with van der Waals surface area (Å²) in [5, 5.41) is 19.8. The van der Waals surface area contributed by atoms with Gasteiger partial charge < -0.3 is 14.9 Å². The van der Waals surface area contributed by atoms with Gasteiger partial charge in [-0.25, -0.2) is 0 Å². The Morgan fingerprint density at radius 2 is 1.94 bits per heavy atom. The number of benzene rings is 1. The van der Waals surface area contributed by atoms with Gasteiger partial charge in [0.15, 0.2) is 0 Å². The van der Waals surface area contributed by atoms with Gasteiger partial charge in [-0.05, 0) is 44.4 Å². The zero-order chi connectivity index (χ0) is 13.7. The Kier molecular flexibility index (Phi) is 6.22. The molecule has 102 valence electrons. The minimum atomic E-state index is -0.766. The number of hydrogen-bond acceptors (Lipinski definition) is 3. The Hall–Kier alpha value is -0.480. The van der Waals surface area contributed by atoms with Gasteiger partial charge in [-0.2, -0.15) is 0 Å². The molecule has 1 aromatic carbocycles. The lowest BCUT2D eigenvalue weighted by Gasteiger charge is -2.16. The van der Waals surface area contributed by atoms with Crippen molar-refractivity contribution < 1.29 is 14.9 Å². The van der Waals surface area contributed by atoms with Crippen molar-refractivity contribution in [2.75, 3.05) is 6.61 Å². The number of rotatable bonds is 6. The van der Waals surface area contributed by atoms with Crippen LogP contribution in [0.3, 0.4) is 0 Å². The zero-order valence-electron chi connectivity index (χ0n) is 10.5. The van der Waals surface area contributed by atoms with E-state index >= 15 is 0 Å². The van der Waals surface area contributed by atoms with E-state index in [-0.39, 0.29) is 0 Å². The maximum atomic E-state index is 9.59. The number of aliphatic hydroxyl groups is 2. The van der Waals surface area contributed by atoms with Crippen LogP contribution in [-0.4, -0.2) is 29.0 Å². The highest BCUT2D eigenvalue weighted by Crippen LogP contribution is 2.33. The van der Waals surface area contributed by atoms with Crippen molar-refractivity contribution in [1.29, 1.82) is 0 Å². The van der Waals surface area contributed by atoms with Crippen LogP contribution in [0.2, 0.25) is 10.0 Å². The van der Waals surface area contributed by atoms with Crippen molar-refractivity contribution in [1.82, 2.24) is 0 Å².